The number of piperazine rings is 1. The molecule has 0 spiro atoms. The predicted molar refractivity (Wildman–Crippen MR) is 64.8 cm³/mol. The van der Waals surface area contributed by atoms with Crippen LogP contribution >= 0.6 is 0 Å². The van der Waals surface area contributed by atoms with Crippen LogP contribution in [-0.2, 0) is 9.59 Å². The highest BCUT2D eigenvalue weighted by Gasteiger charge is 2.33. The zero-order chi connectivity index (χ0) is 14.0. The number of carbonyl (C=O) groups is 3. The molecule has 0 aromatic heterocycles. The first-order valence-electron chi connectivity index (χ1n) is 5.67. The molecule has 6 heteroatoms. The van der Waals surface area contributed by atoms with E-state index in [0.717, 1.165) is 0 Å². The number of imide groups is 1. The summed E-state index contributed by atoms with van der Waals surface area (Å²) in [6.45, 7) is 1.41. The normalized spacial score (nSPS) is 18.7. The van der Waals surface area contributed by atoms with Crippen LogP contribution in [-0.4, -0.2) is 35.2 Å². The van der Waals surface area contributed by atoms with Gasteiger partial charge in [0.15, 0.2) is 0 Å². The molecule has 1 aliphatic rings. The van der Waals surface area contributed by atoms with E-state index in [0.29, 0.717) is 11.1 Å². The zero-order valence-corrected chi connectivity index (χ0v) is 10.2. The summed E-state index contributed by atoms with van der Waals surface area (Å²) in [6, 6.07) is 7.30. The van der Waals surface area contributed by atoms with Crippen LogP contribution in [0.3, 0.4) is 0 Å². The second kappa shape index (κ2) is 4.90. The first-order valence-corrected chi connectivity index (χ1v) is 5.67. The molecule has 0 saturated carbocycles. The molecular formula is C13H11N3O3. The number of nitriles is 1. The molecule has 2 rings (SSSR count). The lowest BCUT2D eigenvalue weighted by molar-refractivity contribution is -0.138. The van der Waals surface area contributed by atoms with Crippen molar-refractivity contribution in [3.05, 3.63) is 35.4 Å². The molecule has 1 heterocycles. The van der Waals surface area contributed by atoms with Gasteiger partial charge in [-0.15, -0.1) is 0 Å². The molecule has 1 aliphatic heterocycles. The minimum Gasteiger partial charge on any atom is -0.318 e. The van der Waals surface area contributed by atoms with Gasteiger partial charge < -0.3 is 4.90 Å². The van der Waals surface area contributed by atoms with Gasteiger partial charge in [0.05, 0.1) is 11.6 Å². The molecule has 1 aromatic rings. The average Bonchev–Trinajstić information content (AvgIpc) is 2.42. The molecule has 1 fully saturated rings. The van der Waals surface area contributed by atoms with Gasteiger partial charge in [0.2, 0.25) is 11.8 Å². The molecule has 1 atom stereocenters. The topological polar surface area (TPSA) is 90.3 Å². The second-order valence-corrected chi connectivity index (χ2v) is 4.21. The summed E-state index contributed by atoms with van der Waals surface area (Å²) in [5, 5.41) is 10.9. The van der Waals surface area contributed by atoms with Gasteiger partial charge in [0, 0.05) is 5.56 Å². The molecule has 1 saturated heterocycles. The summed E-state index contributed by atoms with van der Waals surface area (Å²) in [5.41, 5.74) is 0.783. The lowest BCUT2D eigenvalue weighted by atomic mass is 10.1. The molecular weight excluding hydrogens is 246 g/mol. The Hall–Kier alpha value is -2.68. The van der Waals surface area contributed by atoms with Gasteiger partial charge in [0.1, 0.15) is 12.6 Å². The van der Waals surface area contributed by atoms with Crippen LogP contribution in [0.15, 0.2) is 24.3 Å². The summed E-state index contributed by atoms with van der Waals surface area (Å²) in [7, 11) is 0. The fraction of sp³-hybridized carbons (Fsp3) is 0.231. The van der Waals surface area contributed by atoms with Gasteiger partial charge in [-0.2, -0.15) is 5.26 Å². The molecule has 1 N–H and O–H groups in total. The van der Waals surface area contributed by atoms with E-state index in [1.807, 2.05) is 6.07 Å². The summed E-state index contributed by atoms with van der Waals surface area (Å²) in [4.78, 5) is 36.2. The predicted octanol–water partition coefficient (Wildman–Crippen LogP) is 0.0454. The van der Waals surface area contributed by atoms with Crippen LogP contribution < -0.4 is 5.32 Å². The van der Waals surface area contributed by atoms with Crippen LogP contribution in [0.4, 0.5) is 0 Å². The minimum atomic E-state index is -0.694. The molecule has 0 bridgehead atoms. The number of amides is 3. The molecule has 96 valence electrons. The van der Waals surface area contributed by atoms with Crippen molar-refractivity contribution in [2.75, 3.05) is 6.54 Å². The fourth-order valence-electron chi connectivity index (χ4n) is 1.82. The van der Waals surface area contributed by atoms with Gasteiger partial charge in [-0.1, -0.05) is 0 Å². The Morgan fingerprint density at radius 2 is 2.00 bits per heavy atom. The monoisotopic (exact) mass is 257 g/mol. The number of rotatable bonds is 1. The maximum atomic E-state index is 12.2. The van der Waals surface area contributed by atoms with Crippen molar-refractivity contribution >= 4 is 17.7 Å². The second-order valence-electron chi connectivity index (χ2n) is 4.21. The van der Waals surface area contributed by atoms with Gasteiger partial charge in [-0.3, -0.25) is 19.7 Å². The van der Waals surface area contributed by atoms with Gasteiger partial charge in [0.25, 0.3) is 5.91 Å². The van der Waals surface area contributed by atoms with Crippen LogP contribution in [0.2, 0.25) is 0 Å². The number of carbonyl (C=O) groups excluding carboxylic acids is 3. The molecule has 3 amide bonds. The highest BCUT2D eigenvalue weighted by Crippen LogP contribution is 2.12. The minimum absolute atomic E-state index is 0.147. The standard InChI is InChI=1S/C13H11N3O3/c1-8-12(18)15-11(17)7-16(8)13(19)10-4-2-9(6-14)3-5-10/h2-5,8H,7H2,1H3,(H,15,17,18). The molecule has 1 unspecified atom stereocenters. The quantitative estimate of drug-likeness (QED) is 0.719. The van der Waals surface area contributed by atoms with Crippen LogP contribution in [0.5, 0.6) is 0 Å². The number of nitrogens with one attached hydrogen (secondary N) is 1. The first kappa shape index (κ1) is 12.8. The van der Waals surface area contributed by atoms with Crippen molar-refractivity contribution in [1.82, 2.24) is 10.2 Å². The van der Waals surface area contributed by atoms with E-state index < -0.39 is 23.8 Å². The Labute approximate surface area is 109 Å². The first-order chi connectivity index (χ1) is 9.02. The number of hydrogen-bond donors (Lipinski definition) is 1. The van der Waals surface area contributed by atoms with Crippen molar-refractivity contribution in [1.29, 1.82) is 5.26 Å². The summed E-state index contributed by atoms with van der Waals surface area (Å²) in [6.07, 6.45) is 0. The van der Waals surface area contributed by atoms with Crippen molar-refractivity contribution in [2.24, 2.45) is 0 Å². The maximum Gasteiger partial charge on any atom is 0.254 e. The largest absolute Gasteiger partial charge is 0.318 e. The zero-order valence-electron chi connectivity index (χ0n) is 10.2. The fourth-order valence-corrected chi connectivity index (χ4v) is 1.82. The Balaban J connectivity index is 2.25. The number of nitrogens with zero attached hydrogens (tertiary/aromatic N) is 2. The number of hydrogen-bond acceptors (Lipinski definition) is 4. The Bertz CT molecular complexity index is 586. The molecule has 0 aliphatic carbocycles. The number of benzene rings is 1. The van der Waals surface area contributed by atoms with E-state index in [2.05, 4.69) is 5.32 Å². The Morgan fingerprint density at radius 3 is 2.58 bits per heavy atom. The average molecular weight is 257 g/mol. The smallest absolute Gasteiger partial charge is 0.254 e. The van der Waals surface area contributed by atoms with Crippen molar-refractivity contribution in [3.63, 3.8) is 0 Å². The highest BCUT2D eigenvalue weighted by atomic mass is 16.2. The van der Waals surface area contributed by atoms with Gasteiger partial charge in [-0.05, 0) is 31.2 Å². The Morgan fingerprint density at radius 1 is 1.37 bits per heavy atom. The summed E-state index contributed by atoms with van der Waals surface area (Å²) >= 11 is 0. The molecule has 1 aromatic carbocycles. The third-order valence-corrected chi connectivity index (χ3v) is 2.95. The Kier molecular flexibility index (Phi) is 3.29. The van der Waals surface area contributed by atoms with Gasteiger partial charge >= 0.3 is 0 Å². The van der Waals surface area contributed by atoms with E-state index in [1.165, 1.54) is 29.2 Å². The molecule has 0 radical (unpaired) electrons. The van der Waals surface area contributed by atoms with Crippen LogP contribution in [0.1, 0.15) is 22.8 Å². The van der Waals surface area contributed by atoms with Crippen LogP contribution in [0, 0.1) is 11.3 Å². The van der Waals surface area contributed by atoms with E-state index in [-0.39, 0.29) is 6.54 Å². The maximum absolute atomic E-state index is 12.2. The third-order valence-electron chi connectivity index (χ3n) is 2.95. The van der Waals surface area contributed by atoms with E-state index in [9.17, 15) is 14.4 Å². The lowest BCUT2D eigenvalue weighted by Crippen LogP contribution is -2.58. The van der Waals surface area contributed by atoms with Gasteiger partial charge in [-0.25, -0.2) is 0 Å². The highest BCUT2D eigenvalue weighted by molar-refractivity contribution is 6.07. The summed E-state index contributed by atoms with van der Waals surface area (Å²) < 4.78 is 0. The SMILES string of the molecule is CC1C(=O)NC(=O)CN1C(=O)c1ccc(C#N)cc1. The van der Waals surface area contributed by atoms with Crippen molar-refractivity contribution < 1.29 is 14.4 Å². The van der Waals surface area contributed by atoms with E-state index in [4.69, 9.17) is 5.26 Å². The summed E-state index contributed by atoms with van der Waals surface area (Å²) in [5.74, 6) is -1.39. The third kappa shape index (κ3) is 2.45. The molecule has 19 heavy (non-hydrogen) atoms. The van der Waals surface area contributed by atoms with Crippen molar-refractivity contribution in [3.8, 4) is 6.07 Å². The molecule has 6 nitrogen and oxygen atoms in total. The van der Waals surface area contributed by atoms with E-state index >= 15 is 0 Å². The lowest BCUT2D eigenvalue weighted by Gasteiger charge is -2.31. The van der Waals surface area contributed by atoms with E-state index in [1.54, 1.807) is 6.92 Å². The van der Waals surface area contributed by atoms with Crippen molar-refractivity contribution in [2.45, 2.75) is 13.0 Å². The van der Waals surface area contributed by atoms with Crippen LogP contribution in [0.25, 0.3) is 0 Å².